The van der Waals surface area contributed by atoms with Gasteiger partial charge >= 0.3 is 5.97 Å². The van der Waals surface area contributed by atoms with E-state index in [2.05, 4.69) is 4.72 Å². The van der Waals surface area contributed by atoms with Crippen LogP contribution in [-0.2, 0) is 38.3 Å². The van der Waals surface area contributed by atoms with Crippen molar-refractivity contribution in [1.82, 2.24) is 9.62 Å². The van der Waals surface area contributed by atoms with Crippen LogP contribution in [0.4, 0.5) is 13.2 Å². The van der Waals surface area contributed by atoms with Crippen molar-refractivity contribution >= 4 is 22.9 Å². The molecule has 1 aliphatic carbocycles. The highest BCUT2D eigenvalue weighted by Crippen LogP contribution is 2.52. The first-order valence-electron chi connectivity index (χ1n) is 14.2. The number of hydrogen-bond donors (Lipinski definition) is 1. The van der Waals surface area contributed by atoms with E-state index in [1.165, 1.54) is 0 Å². The van der Waals surface area contributed by atoms with Crippen molar-refractivity contribution in [2.24, 2.45) is 11.3 Å². The molecule has 10 heteroatoms. The van der Waals surface area contributed by atoms with Gasteiger partial charge < -0.3 is 9.64 Å². The quantitative estimate of drug-likeness (QED) is 0.243. The third kappa shape index (κ3) is 6.23. The second-order valence-corrected chi connectivity index (χ2v) is 14.6. The maximum Gasteiger partial charge on any atom is 0.321 e. The number of carbonyl (C=O) groups excluding carboxylic acids is 2. The molecule has 2 aromatic rings. The topological polar surface area (TPSA) is 75.7 Å². The highest BCUT2D eigenvalue weighted by Gasteiger charge is 2.62. The fourth-order valence-electron chi connectivity index (χ4n) is 6.19. The molecule has 6 nitrogen and oxygen atoms in total. The van der Waals surface area contributed by atoms with Crippen molar-refractivity contribution in [2.75, 3.05) is 0 Å². The van der Waals surface area contributed by atoms with Gasteiger partial charge in [-0.1, -0.05) is 30.3 Å². The van der Waals surface area contributed by atoms with E-state index < -0.39 is 50.6 Å². The molecule has 2 saturated heterocycles. The Bertz CT molecular complexity index is 1310. The molecule has 5 rings (SSSR count). The van der Waals surface area contributed by atoms with Gasteiger partial charge in [0, 0.05) is 24.2 Å². The number of ether oxygens (including phenoxy) is 1. The number of halogens is 3. The molecule has 4 atom stereocenters. The van der Waals surface area contributed by atoms with Gasteiger partial charge in [0.2, 0.25) is 5.91 Å². The Morgan fingerprint density at radius 2 is 1.63 bits per heavy atom. The highest BCUT2D eigenvalue weighted by molar-refractivity contribution is 7.84. The highest BCUT2D eigenvalue weighted by atomic mass is 32.2. The number of piperidine rings is 1. The van der Waals surface area contributed by atoms with Crippen molar-refractivity contribution in [2.45, 2.75) is 95.2 Å². The van der Waals surface area contributed by atoms with E-state index in [0.29, 0.717) is 31.7 Å². The van der Waals surface area contributed by atoms with E-state index in [1.54, 1.807) is 0 Å². The Hall–Kier alpha value is -2.72. The molecule has 1 N–H and O–H groups in total. The van der Waals surface area contributed by atoms with Crippen molar-refractivity contribution in [3.8, 4) is 0 Å². The zero-order valence-corrected chi connectivity index (χ0v) is 24.4. The van der Waals surface area contributed by atoms with E-state index in [9.17, 15) is 27.0 Å². The minimum atomic E-state index is -1.49. The Kier molecular flexibility index (Phi) is 8.36. The molecule has 0 aromatic heterocycles. The van der Waals surface area contributed by atoms with Gasteiger partial charge in [0.15, 0.2) is 11.6 Å². The van der Waals surface area contributed by atoms with Crippen molar-refractivity contribution in [3.05, 3.63) is 71.0 Å². The summed E-state index contributed by atoms with van der Waals surface area (Å²) in [5.41, 5.74) is -0.271. The van der Waals surface area contributed by atoms with E-state index >= 15 is 0 Å². The summed E-state index contributed by atoms with van der Waals surface area (Å²) in [5, 5.41) is 0. The maximum atomic E-state index is 14.6. The van der Waals surface area contributed by atoms with Crippen LogP contribution in [0.15, 0.2) is 42.5 Å². The van der Waals surface area contributed by atoms with E-state index in [0.717, 1.165) is 24.5 Å². The number of nitrogens with zero attached hydrogens (tertiary/aromatic N) is 1. The predicted octanol–water partition coefficient (Wildman–Crippen LogP) is 5.36. The Balaban J connectivity index is 1.31. The molecule has 2 aliphatic heterocycles. The number of fused-ring (bicyclic) bond motifs is 2. The van der Waals surface area contributed by atoms with E-state index in [1.807, 2.05) is 56.0 Å². The number of nitrogens with one attached hydrogen (secondary N) is 1. The molecule has 0 spiro atoms. The minimum absolute atomic E-state index is 0.0104. The summed E-state index contributed by atoms with van der Waals surface area (Å²) in [5.74, 6) is -3.99. The predicted molar refractivity (Wildman–Crippen MR) is 149 cm³/mol. The van der Waals surface area contributed by atoms with Gasteiger partial charge in [-0.05, 0) is 88.8 Å². The largest absolute Gasteiger partial charge is 0.460 e. The van der Waals surface area contributed by atoms with Gasteiger partial charge in [-0.25, -0.2) is 22.1 Å². The lowest BCUT2D eigenvalue weighted by molar-refractivity contribution is -0.161. The molecule has 222 valence electrons. The monoisotopic (exact) mass is 590 g/mol. The molecule has 0 radical (unpaired) electrons. The van der Waals surface area contributed by atoms with Gasteiger partial charge in [-0.2, -0.15) is 0 Å². The van der Waals surface area contributed by atoms with Crippen LogP contribution in [0, 0.1) is 28.8 Å². The smallest absolute Gasteiger partial charge is 0.321 e. The van der Waals surface area contributed by atoms with Gasteiger partial charge in [-0.3, -0.25) is 9.59 Å². The molecular weight excluding hydrogens is 553 g/mol. The van der Waals surface area contributed by atoms with Crippen molar-refractivity contribution < 1.29 is 31.7 Å². The molecular formula is C31H37F3N2O4S. The maximum absolute atomic E-state index is 14.6. The van der Waals surface area contributed by atoms with Crippen LogP contribution in [0.5, 0.6) is 0 Å². The molecule has 3 aliphatic rings. The normalized spacial score (nSPS) is 24.5. The first-order valence-corrected chi connectivity index (χ1v) is 15.4. The molecule has 1 amide bonds. The summed E-state index contributed by atoms with van der Waals surface area (Å²) in [6, 6.07) is 10.0. The molecule has 2 unspecified atom stereocenters. The summed E-state index contributed by atoms with van der Waals surface area (Å²) >= 11 is 0. The van der Waals surface area contributed by atoms with Crippen LogP contribution in [0.1, 0.15) is 70.4 Å². The lowest BCUT2D eigenvalue weighted by Gasteiger charge is -2.43. The average molecular weight is 591 g/mol. The van der Waals surface area contributed by atoms with Crippen LogP contribution in [-0.4, -0.2) is 43.9 Å². The summed E-state index contributed by atoms with van der Waals surface area (Å²) in [6.45, 7) is 5.58. The van der Waals surface area contributed by atoms with Gasteiger partial charge in [0.25, 0.3) is 0 Å². The number of amides is 1. The molecule has 2 aromatic carbocycles. The summed E-state index contributed by atoms with van der Waals surface area (Å²) in [4.78, 5) is 28.8. The van der Waals surface area contributed by atoms with E-state index in [4.69, 9.17) is 4.74 Å². The van der Waals surface area contributed by atoms with Crippen LogP contribution in [0.3, 0.4) is 0 Å². The molecule has 41 heavy (non-hydrogen) atoms. The molecule has 2 bridgehead atoms. The van der Waals surface area contributed by atoms with Crippen LogP contribution in [0.25, 0.3) is 0 Å². The molecule has 2 heterocycles. The fraction of sp³-hybridized carbons (Fsp3) is 0.548. The molecule has 3 fully saturated rings. The Labute approximate surface area is 241 Å². The Morgan fingerprint density at radius 3 is 2.22 bits per heavy atom. The number of hydrogen-bond acceptors (Lipinski definition) is 4. The zero-order chi connectivity index (χ0) is 29.5. The zero-order valence-electron chi connectivity index (χ0n) is 23.6. The standard InChI is InChI=1S/C31H37F3N2O4S/c1-30(2,3)41(39)35-27(16-20-15-25(33)26(34)17-24(20)32)21-13-22-9-10-23(14-21)36(22)28(37)31(11-12-31)29(38)40-18-19-7-5-4-6-8-19/h4-8,15,17,21-23,27,35H,9-14,16,18H2,1-3H3/t21?,22?,23?,27-,41+/m1/s1. The lowest BCUT2D eigenvalue weighted by Crippen LogP contribution is -2.55. The second-order valence-electron chi connectivity index (χ2n) is 12.6. The van der Waals surface area contributed by atoms with Crippen molar-refractivity contribution in [1.29, 1.82) is 0 Å². The van der Waals surface area contributed by atoms with Gasteiger partial charge in [0.05, 0.1) is 15.7 Å². The van der Waals surface area contributed by atoms with Crippen LogP contribution in [0.2, 0.25) is 0 Å². The number of benzene rings is 2. The second kappa shape index (κ2) is 11.5. The van der Waals surface area contributed by atoms with Gasteiger partial charge in [0.1, 0.15) is 17.8 Å². The first-order chi connectivity index (χ1) is 19.4. The number of rotatable bonds is 9. The van der Waals surface area contributed by atoms with Crippen molar-refractivity contribution in [3.63, 3.8) is 0 Å². The van der Waals surface area contributed by atoms with Crippen LogP contribution >= 0.6 is 0 Å². The van der Waals surface area contributed by atoms with E-state index in [-0.39, 0.29) is 42.5 Å². The summed E-state index contributed by atoms with van der Waals surface area (Å²) < 4.78 is 63.5. The number of carbonyl (C=O) groups is 2. The Morgan fingerprint density at radius 1 is 1.02 bits per heavy atom. The summed E-state index contributed by atoms with van der Waals surface area (Å²) in [7, 11) is -1.49. The van der Waals surface area contributed by atoms with Gasteiger partial charge in [-0.15, -0.1) is 0 Å². The van der Waals surface area contributed by atoms with Crippen LogP contribution < -0.4 is 4.72 Å². The average Bonchev–Trinajstić information content (AvgIpc) is 3.70. The summed E-state index contributed by atoms with van der Waals surface area (Å²) in [6.07, 6.45) is 3.64. The molecule has 1 saturated carbocycles. The number of esters is 1. The SMILES string of the molecule is CC(C)(C)[S@](=O)N[C@H](Cc1cc(F)c(F)cc1F)C1CC2CCC(C1)N2C(=O)C1(C(=O)OCc2ccccc2)CC1. The first kappa shape index (κ1) is 29.8. The third-order valence-corrected chi connectivity index (χ3v) is 10.3. The minimum Gasteiger partial charge on any atom is -0.460 e. The lowest BCUT2D eigenvalue weighted by atomic mass is 9.82. The third-order valence-electron chi connectivity index (χ3n) is 8.68. The fourth-order valence-corrected chi connectivity index (χ4v) is 7.10.